The maximum atomic E-state index is 9.40. The van der Waals surface area contributed by atoms with E-state index in [-0.39, 0.29) is 6.04 Å². The zero-order chi connectivity index (χ0) is 15.3. The van der Waals surface area contributed by atoms with E-state index in [0.29, 0.717) is 24.5 Å². The summed E-state index contributed by atoms with van der Waals surface area (Å²) in [5.41, 5.74) is -0.587. The number of nitriles is 1. The predicted molar refractivity (Wildman–Crippen MR) is 83.4 cm³/mol. The molecule has 0 saturated heterocycles. The maximum absolute atomic E-state index is 9.40. The van der Waals surface area contributed by atoms with E-state index in [0.717, 1.165) is 12.3 Å². The highest BCUT2D eigenvalue weighted by Gasteiger charge is 2.34. The first kappa shape index (κ1) is 17.5. The molecule has 1 aliphatic rings. The van der Waals surface area contributed by atoms with E-state index in [9.17, 15) is 5.26 Å². The van der Waals surface area contributed by atoms with E-state index in [4.69, 9.17) is 4.74 Å². The molecule has 4 atom stereocenters. The average Bonchev–Trinajstić information content (AvgIpc) is 2.35. The molecule has 20 heavy (non-hydrogen) atoms. The predicted octanol–water partition coefficient (Wildman–Crippen LogP) is 3.74. The fourth-order valence-corrected chi connectivity index (χ4v) is 3.32. The van der Waals surface area contributed by atoms with E-state index in [2.05, 4.69) is 46.0 Å². The zero-order valence-corrected chi connectivity index (χ0v) is 14.1. The second-order valence-electron chi connectivity index (χ2n) is 7.42. The van der Waals surface area contributed by atoms with Crippen molar-refractivity contribution < 1.29 is 4.74 Å². The Kier molecular flexibility index (Phi) is 6.48. The van der Waals surface area contributed by atoms with Gasteiger partial charge < -0.3 is 4.74 Å². The standard InChI is InChI=1S/C17H32N2O/c1-12(2)15-8-7-14(5)9-16(15)20-11-17(6,10-18)19-13(3)4/h12-16,19H,7-9,11H2,1-6H3. The second-order valence-corrected chi connectivity index (χ2v) is 7.42. The van der Waals surface area contributed by atoms with Crippen molar-refractivity contribution in [2.75, 3.05) is 6.61 Å². The van der Waals surface area contributed by atoms with Gasteiger partial charge in [0.15, 0.2) is 0 Å². The van der Waals surface area contributed by atoms with Gasteiger partial charge in [0.25, 0.3) is 0 Å². The van der Waals surface area contributed by atoms with Gasteiger partial charge in [-0.15, -0.1) is 0 Å². The monoisotopic (exact) mass is 280 g/mol. The third kappa shape index (κ3) is 5.07. The quantitative estimate of drug-likeness (QED) is 0.806. The maximum Gasteiger partial charge on any atom is 0.127 e. The van der Waals surface area contributed by atoms with Crippen molar-refractivity contribution >= 4 is 0 Å². The average molecular weight is 280 g/mol. The molecule has 116 valence electrons. The van der Waals surface area contributed by atoms with Crippen molar-refractivity contribution in [2.45, 2.75) is 78.5 Å². The summed E-state index contributed by atoms with van der Waals surface area (Å²) in [6, 6.07) is 2.66. The van der Waals surface area contributed by atoms with E-state index in [1.54, 1.807) is 0 Å². The minimum atomic E-state index is -0.587. The Balaban J connectivity index is 2.62. The fourth-order valence-electron chi connectivity index (χ4n) is 3.32. The molecule has 0 spiro atoms. The number of rotatable bonds is 6. The van der Waals surface area contributed by atoms with Crippen LogP contribution in [0.1, 0.15) is 60.8 Å². The van der Waals surface area contributed by atoms with Gasteiger partial charge >= 0.3 is 0 Å². The number of hydrogen-bond donors (Lipinski definition) is 1. The van der Waals surface area contributed by atoms with E-state index in [1.807, 2.05) is 6.92 Å². The van der Waals surface area contributed by atoms with Crippen molar-refractivity contribution in [1.29, 1.82) is 5.26 Å². The molecule has 0 amide bonds. The highest BCUT2D eigenvalue weighted by atomic mass is 16.5. The van der Waals surface area contributed by atoms with Crippen LogP contribution in [0.3, 0.4) is 0 Å². The van der Waals surface area contributed by atoms with E-state index < -0.39 is 5.54 Å². The van der Waals surface area contributed by atoms with Crippen molar-refractivity contribution in [3.8, 4) is 6.07 Å². The lowest BCUT2D eigenvalue weighted by atomic mass is 9.75. The highest BCUT2D eigenvalue weighted by Crippen LogP contribution is 2.35. The van der Waals surface area contributed by atoms with Crippen LogP contribution in [0.2, 0.25) is 0 Å². The molecule has 3 nitrogen and oxygen atoms in total. The first-order valence-corrected chi connectivity index (χ1v) is 8.08. The SMILES string of the molecule is CC1CCC(C(C)C)C(OCC(C)(C#N)NC(C)C)C1. The summed E-state index contributed by atoms with van der Waals surface area (Å²) in [5, 5.41) is 12.7. The molecule has 0 heterocycles. The Morgan fingerprint density at radius 2 is 1.95 bits per heavy atom. The lowest BCUT2D eigenvalue weighted by molar-refractivity contribution is -0.0526. The Morgan fingerprint density at radius 1 is 1.30 bits per heavy atom. The molecule has 1 rings (SSSR count). The third-order valence-electron chi connectivity index (χ3n) is 4.40. The molecule has 0 aromatic carbocycles. The largest absolute Gasteiger partial charge is 0.375 e. The van der Waals surface area contributed by atoms with E-state index in [1.165, 1.54) is 12.8 Å². The number of nitrogens with one attached hydrogen (secondary N) is 1. The van der Waals surface area contributed by atoms with Crippen LogP contribution in [-0.4, -0.2) is 24.3 Å². The van der Waals surface area contributed by atoms with Crippen LogP contribution in [0.5, 0.6) is 0 Å². The molecule has 1 saturated carbocycles. The zero-order valence-electron chi connectivity index (χ0n) is 14.1. The van der Waals surface area contributed by atoms with Gasteiger partial charge in [0, 0.05) is 6.04 Å². The first-order valence-electron chi connectivity index (χ1n) is 8.08. The van der Waals surface area contributed by atoms with Gasteiger partial charge in [0.1, 0.15) is 5.54 Å². The molecule has 1 fully saturated rings. The van der Waals surface area contributed by atoms with Gasteiger partial charge in [-0.1, -0.05) is 27.2 Å². The number of ether oxygens (including phenoxy) is 1. The lowest BCUT2D eigenvalue weighted by Gasteiger charge is -2.38. The molecule has 0 radical (unpaired) electrons. The Bertz CT molecular complexity index is 334. The minimum Gasteiger partial charge on any atom is -0.375 e. The smallest absolute Gasteiger partial charge is 0.127 e. The van der Waals surface area contributed by atoms with Gasteiger partial charge in [-0.2, -0.15) is 5.26 Å². The Labute approximate surface area is 125 Å². The van der Waals surface area contributed by atoms with Crippen LogP contribution in [0.15, 0.2) is 0 Å². The summed E-state index contributed by atoms with van der Waals surface area (Å²) >= 11 is 0. The Hall–Kier alpha value is -0.590. The minimum absolute atomic E-state index is 0.287. The van der Waals surface area contributed by atoms with Gasteiger partial charge in [-0.3, -0.25) is 5.32 Å². The summed E-state index contributed by atoms with van der Waals surface area (Å²) < 4.78 is 6.20. The van der Waals surface area contributed by atoms with Crippen molar-refractivity contribution in [3.63, 3.8) is 0 Å². The molecule has 0 aromatic heterocycles. The van der Waals surface area contributed by atoms with Crippen LogP contribution in [0.4, 0.5) is 0 Å². The van der Waals surface area contributed by atoms with Crippen LogP contribution in [0.25, 0.3) is 0 Å². The molecular weight excluding hydrogens is 248 g/mol. The molecule has 0 bridgehead atoms. The second kappa shape index (κ2) is 7.43. The van der Waals surface area contributed by atoms with Crippen molar-refractivity contribution in [2.24, 2.45) is 17.8 Å². The van der Waals surface area contributed by atoms with Gasteiger partial charge in [-0.25, -0.2) is 0 Å². The summed E-state index contributed by atoms with van der Waals surface area (Å²) in [6.45, 7) is 13.4. The van der Waals surface area contributed by atoms with Gasteiger partial charge in [-0.05, 0) is 51.4 Å². The first-order chi connectivity index (χ1) is 9.27. The molecule has 0 aromatic rings. The summed E-state index contributed by atoms with van der Waals surface area (Å²) in [4.78, 5) is 0. The normalized spacial score (nSPS) is 30.2. The summed E-state index contributed by atoms with van der Waals surface area (Å²) in [5.74, 6) is 2.02. The van der Waals surface area contributed by atoms with Crippen molar-refractivity contribution in [3.05, 3.63) is 0 Å². The van der Waals surface area contributed by atoms with Crippen molar-refractivity contribution in [1.82, 2.24) is 5.32 Å². The molecular formula is C17H32N2O. The van der Waals surface area contributed by atoms with Gasteiger partial charge in [0.2, 0.25) is 0 Å². The number of nitrogens with zero attached hydrogens (tertiary/aromatic N) is 1. The molecule has 1 aliphatic carbocycles. The van der Waals surface area contributed by atoms with Crippen LogP contribution >= 0.6 is 0 Å². The van der Waals surface area contributed by atoms with Gasteiger partial charge in [0.05, 0.1) is 18.8 Å². The van der Waals surface area contributed by atoms with Crippen LogP contribution in [0, 0.1) is 29.1 Å². The molecule has 4 unspecified atom stereocenters. The summed E-state index contributed by atoms with van der Waals surface area (Å²) in [6.07, 6.45) is 4.00. The number of hydrogen-bond acceptors (Lipinski definition) is 3. The molecule has 1 N–H and O–H groups in total. The fraction of sp³-hybridized carbons (Fsp3) is 0.941. The molecule has 3 heteroatoms. The van der Waals surface area contributed by atoms with Crippen LogP contribution < -0.4 is 5.32 Å². The molecule has 0 aliphatic heterocycles. The van der Waals surface area contributed by atoms with Crippen LogP contribution in [-0.2, 0) is 4.74 Å². The topological polar surface area (TPSA) is 45.0 Å². The third-order valence-corrected chi connectivity index (χ3v) is 4.40. The van der Waals surface area contributed by atoms with E-state index >= 15 is 0 Å². The lowest BCUT2D eigenvalue weighted by Crippen LogP contribution is -2.50. The highest BCUT2D eigenvalue weighted by molar-refractivity contribution is 5.05. The summed E-state index contributed by atoms with van der Waals surface area (Å²) in [7, 11) is 0. The Morgan fingerprint density at radius 3 is 2.45 bits per heavy atom.